The van der Waals surface area contributed by atoms with Gasteiger partial charge in [-0.15, -0.1) is 6.58 Å². The van der Waals surface area contributed by atoms with Crippen molar-refractivity contribution in [1.29, 1.82) is 5.26 Å². The third kappa shape index (κ3) is 2.04. The molecule has 17 heavy (non-hydrogen) atoms. The predicted octanol–water partition coefficient (Wildman–Crippen LogP) is 1.80. The molecule has 1 fully saturated rings. The second kappa shape index (κ2) is 4.38. The van der Waals surface area contributed by atoms with Crippen molar-refractivity contribution in [2.75, 3.05) is 11.4 Å². The number of rotatable bonds is 2. The van der Waals surface area contributed by atoms with Crippen LogP contribution >= 0.6 is 0 Å². The van der Waals surface area contributed by atoms with Gasteiger partial charge in [-0.2, -0.15) is 5.26 Å². The summed E-state index contributed by atoms with van der Waals surface area (Å²) in [6.45, 7) is 6.20. The van der Waals surface area contributed by atoms with Gasteiger partial charge in [0.2, 0.25) is 5.91 Å². The quantitative estimate of drug-likeness (QED) is 0.724. The van der Waals surface area contributed by atoms with Crippen LogP contribution in [0.1, 0.15) is 17.5 Å². The van der Waals surface area contributed by atoms with Gasteiger partial charge >= 0.3 is 0 Å². The van der Waals surface area contributed by atoms with Gasteiger partial charge in [0, 0.05) is 25.1 Å². The standard InChI is InChI=1S/C13H13N3O/c1-3-10-5-12(17)16(8-10)13-9(2)4-11(6-14)7-15-13/h3-4,7,10H,1,5,8H2,2H3. The van der Waals surface area contributed by atoms with Crippen LogP contribution in [0.2, 0.25) is 0 Å². The summed E-state index contributed by atoms with van der Waals surface area (Å²) in [6, 6.07) is 3.78. The van der Waals surface area contributed by atoms with Gasteiger partial charge in [-0.05, 0) is 18.6 Å². The van der Waals surface area contributed by atoms with Crippen molar-refractivity contribution >= 4 is 11.7 Å². The Labute approximate surface area is 100 Å². The number of hydrogen-bond acceptors (Lipinski definition) is 3. The predicted molar refractivity (Wildman–Crippen MR) is 64.3 cm³/mol. The third-order valence-electron chi connectivity index (χ3n) is 2.92. The minimum absolute atomic E-state index is 0.0650. The molecule has 1 aliphatic rings. The number of nitriles is 1. The third-order valence-corrected chi connectivity index (χ3v) is 2.92. The van der Waals surface area contributed by atoms with Crippen molar-refractivity contribution in [3.63, 3.8) is 0 Å². The molecule has 0 aliphatic carbocycles. The summed E-state index contributed by atoms with van der Waals surface area (Å²) in [4.78, 5) is 17.7. The Balaban J connectivity index is 2.32. The molecule has 1 aliphatic heterocycles. The lowest BCUT2D eigenvalue weighted by Crippen LogP contribution is -2.26. The van der Waals surface area contributed by atoms with E-state index >= 15 is 0 Å². The normalized spacial score (nSPS) is 19.2. The van der Waals surface area contributed by atoms with Gasteiger partial charge in [-0.1, -0.05) is 6.08 Å². The zero-order valence-corrected chi connectivity index (χ0v) is 9.68. The number of nitrogens with zero attached hydrogens (tertiary/aromatic N) is 3. The largest absolute Gasteiger partial charge is 0.296 e. The molecule has 1 saturated heterocycles. The molecule has 0 N–H and O–H groups in total. The highest BCUT2D eigenvalue weighted by Crippen LogP contribution is 2.26. The Morgan fingerprint density at radius 1 is 1.71 bits per heavy atom. The molecule has 0 spiro atoms. The maximum absolute atomic E-state index is 11.8. The number of pyridine rings is 1. The van der Waals surface area contributed by atoms with Crippen LogP contribution in [0.15, 0.2) is 24.9 Å². The van der Waals surface area contributed by atoms with Crippen molar-refractivity contribution in [2.45, 2.75) is 13.3 Å². The Morgan fingerprint density at radius 2 is 2.47 bits per heavy atom. The highest BCUT2D eigenvalue weighted by atomic mass is 16.2. The summed E-state index contributed by atoms with van der Waals surface area (Å²) in [7, 11) is 0. The van der Waals surface area contributed by atoms with E-state index in [1.807, 2.05) is 13.0 Å². The maximum atomic E-state index is 11.8. The first kappa shape index (κ1) is 11.3. The summed E-state index contributed by atoms with van der Waals surface area (Å²) in [5, 5.41) is 8.77. The van der Waals surface area contributed by atoms with Crippen LogP contribution in [0, 0.1) is 24.2 Å². The summed E-state index contributed by atoms with van der Waals surface area (Å²) in [5.74, 6) is 0.910. The van der Waals surface area contributed by atoms with E-state index in [1.165, 1.54) is 6.20 Å². The highest BCUT2D eigenvalue weighted by Gasteiger charge is 2.30. The zero-order chi connectivity index (χ0) is 12.4. The number of aromatic nitrogens is 1. The van der Waals surface area contributed by atoms with Crippen LogP contribution in [-0.2, 0) is 4.79 Å². The molecule has 2 heterocycles. The average molecular weight is 227 g/mol. The van der Waals surface area contributed by atoms with E-state index in [1.54, 1.807) is 17.0 Å². The van der Waals surface area contributed by atoms with Crippen LogP contribution in [0.3, 0.4) is 0 Å². The van der Waals surface area contributed by atoms with Gasteiger partial charge in [0.1, 0.15) is 11.9 Å². The van der Waals surface area contributed by atoms with Crippen LogP contribution < -0.4 is 4.90 Å². The molecule has 2 rings (SSSR count). The Morgan fingerprint density at radius 3 is 3.00 bits per heavy atom. The van der Waals surface area contributed by atoms with Crippen molar-refractivity contribution < 1.29 is 4.79 Å². The van der Waals surface area contributed by atoms with Gasteiger partial charge in [0.05, 0.1) is 5.56 Å². The van der Waals surface area contributed by atoms with Crippen molar-refractivity contribution in [3.8, 4) is 6.07 Å². The second-order valence-corrected chi connectivity index (χ2v) is 4.18. The summed E-state index contributed by atoms with van der Waals surface area (Å²) in [6.07, 6.45) is 3.79. The molecular weight excluding hydrogens is 214 g/mol. The number of carbonyl (C=O) groups is 1. The first-order chi connectivity index (χ1) is 8.15. The van der Waals surface area contributed by atoms with E-state index in [0.29, 0.717) is 24.3 Å². The van der Waals surface area contributed by atoms with E-state index in [4.69, 9.17) is 5.26 Å². The highest BCUT2D eigenvalue weighted by molar-refractivity contribution is 5.95. The first-order valence-electron chi connectivity index (χ1n) is 5.45. The number of amides is 1. The molecule has 1 atom stereocenters. The van der Waals surface area contributed by atoms with Crippen LogP contribution in [0.4, 0.5) is 5.82 Å². The van der Waals surface area contributed by atoms with Gasteiger partial charge in [-0.3, -0.25) is 9.69 Å². The Bertz CT molecular complexity index is 516. The van der Waals surface area contributed by atoms with E-state index in [9.17, 15) is 4.79 Å². The van der Waals surface area contributed by atoms with E-state index in [-0.39, 0.29) is 11.8 Å². The lowest BCUT2D eigenvalue weighted by Gasteiger charge is -2.17. The average Bonchev–Trinajstić information content (AvgIpc) is 2.70. The second-order valence-electron chi connectivity index (χ2n) is 4.18. The number of hydrogen-bond donors (Lipinski definition) is 0. The molecule has 0 bridgehead atoms. The van der Waals surface area contributed by atoms with Crippen molar-refractivity contribution in [2.24, 2.45) is 5.92 Å². The Hall–Kier alpha value is -2.15. The summed E-state index contributed by atoms with van der Waals surface area (Å²) >= 11 is 0. The SMILES string of the molecule is C=CC1CC(=O)N(c2ncc(C#N)cc2C)C1. The fourth-order valence-corrected chi connectivity index (χ4v) is 2.01. The van der Waals surface area contributed by atoms with Gasteiger partial charge < -0.3 is 0 Å². The molecule has 0 radical (unpaired) electrons. The van der Waals surface area contributed by atoms with Crippen LogP contribution in [0.5, 0.6) is 0 Å². The number of carbonyl (C=O) groups excluding carboxylic acids is 1. The van der Waals surface area contributed by atoms with E-state index in [2.05, 4.69) is 11.6 Å². The molecular formula is C13H13N3O. The lowest BCUT2D eigenvalue weighted by molar-refractivity contribution is -0.117. The molecule has 86 valence electrons. The fourth-order valence-electron chi connectivity index (χ4n) is 2.01. The number of aryl methyl sites for hydroxylation is 1. The molecule has 0 aromatic carbocycles. The van der Waals surface area contributed by atoms with Gasteiger partial charge in [0.15, 0.2) is 0 Å². The van der Waals surface area contributed by atoms with Gasteiger partial charge in [-0.25, -0.2) is 4.98 Å². The minimum Gasteiger partial charge on any atom is -0.296 e. The smallest absolute Gasteiger partial charge is 0.228 e. The number of anilines is 1. The molecule has 4 nitrogen and oxygen atoms in total. The molecule has 1 unspecified atom stereocenters. The lowest BCUT2D eigenvalue weighted by atomic mass is 10.1. The summed E-state index contributed by atoms with van der Waals surface area (Å²) in [5.41, 5.74) is 1.36. The molecule has 1 aromatic heterocycles. The van der Waals surface area contributed by atoms with E-state index < -0.39 is 0 Å². The van der Waals surface area contributed by atoms with Crippen LogP contribution in [-0.4, -0.2) is 17.4 Å². The molecule has 1 aromatic rings. The molecule has 4 heteroatoms. The van der Waals surface area contributed by atoms with Gasteiger partial charge in [0.25, 0.3) is 0 Å². The molecule has 0 saturated carbocycles. The monoisotopic (exact) mass is 227 g/mol. The minimum atomic E-state index is 0.0650. The van der Waals surface area contributed by atoms with Crippen molar-refractivity contribution in [3.05, 3.63) is 36.0 Å². The van der Waals surface area contributed by atoms with Crippen molar-refractivity contribution in [1.82, 2.24) is 4.98 Å². The topological polar surface area (TPSA) is 57.0 Å². The van der Waals surface area contributed by atoms with Crippen LogP contribution in [0.25, 0.3) is 0 Å². The zero-order valence-electron chi connectivity index (χ0n) is 9.68. The fraction of sp³-hybridized carbons (Fsp3) is 0.308. The Kier molecular flexibility index (Phi) is 2.92. The first-order valence-corrected chi connectivity index (χ1v) is 5.45. The van der Waals surface area contributed by atoms with E-state index in [0.717, 1.165) is 5.56 Å². The summed E-state index contributed by atoms with van der Waals surface area (Å²) < 4.78 is 0. The maximum Gasteiger partial charge on any atom is 0.228 e. The molecule has 1 amide bonds.